The number of hydrogen-bond acceptors (Lipinski definition) is 7. The maximum Gasteiger partial charge on any atom is 0.241 e. The zero-order valence-electron chi connectivity index (χ0n) is 17.1. The van der Waals surface area contributed by atoms with Crippen LogP contribution in [0, 0.1) is 11.8 Å². The van der Waals surface area contributed by atoms with Crippen LogP contribution in [0.25, 0.3) is 11.6 Å². The average molecular weight is 413 g/mol. The number of fused-ring (bicyclic) bond motifs is 4. The quantitative estimate of drug-likeness (QED) is 0.795. The second kappa shape index (κ2) is 7.86. The molecule has 9 heteroatoms. The van der Waals surface area contributed by atoms with Crippen LogP contribution in [0.5, 0.6) is 0 Å². The largest absolute Gasteiger partial charge is 0.461 e. The summed E-state index contributed by atoms with van der Waals surface area (Å²) in [7, 11) is 0. The Morgan fingerprint density at radius 1 is 1.33 bits per heavy atom. The molecule has 160 valence electrons. The Bertz CT molecular complexity index is 910. The molecule has 2 bridgehead atoms. The number of aromatic nitrogens is 2. The Kier molecular flexibility index (Phi) is 5.06. The highest BCUT2D eigenvalue weighted by molar-refractivity contribution is 5.78. The van der Waals surface area contributed by atoms with E-state index in [2.05, 4.69) is 25.3 Å². The summed E-state index contributed by atoms with van der Waals surface area (Å²) in [6.07, 6.45) is 5.29. The summed E-state index contributed by atoms with van der Waals surface area (Å²) in [6.45, 7) is 4.38. The minimum Gasteiger partial charge on any atom is -0.461 e. The van der Waals surface area contributed by atoms with Gasteiger partial charge in [-0.25, -0.2) is 0 Å². The van der Waals surface area contributed by atoms with Crippen LogP contribution in [-0.2, 0) is 16.1 Å². The highest BCUT2D eigenvalue weighted by Gasteiger charge is 2.49. The summed E-state index contributed by atoms with van der Waals surface area (Å²) in [5.74, 6) is 2.56. The predicted molar refractivity (Wildman–Crippen MR) is 106 cm³/mol. The summed E-state index contributed by atoms with van der Waals surface area (Å²) < 4.78 is 10.8. The maximum atomic E-state index is 12.8. The molecule has 2 aromatic heterocycles. The summed E-state index contributed by atoms with van der Waals surface area (Å²) in [5, 5.41) is 6.98. The van der Waals surface area contributed by atoms with Crippen molar-refractivity contribution < 1.29 is 18.5 Å². The van der Waals surface area contributed by atoms with Gasteiger partial charge in [0, 0.05) is 39.0 Å². The molecule has 2 amide bonds. The summed E-state index contributed by atoms with van der Waals surface area (Å²) in [6, 6.07) is 3.91. The van der Waals surface area contributed by atoms with E-state index in [9.17, 15) is 9.59 Å². The Hall–Kier alpha value is -2.68. The molecule has 0 unspecified atom stereocenters. The van der Waals surface area contributed by atoms with E-state index < -0.39 is 0 Å². The molecule has 0 radical (unpaired) electrons. The third kappa shape index (κ3) is 3.62. The Morgan fingerprint density at radius 3 is 3.00 bits per heavy atom. The number of rotatable bonds is 5. The van der Waals surface area contributed by atoms with Gasteiger partial charge in [0.1, 0.15) is 0 Å². The molecule has 2 aromatic rings. The van der Waals surface area contributed by atoms with Gasteiger partial charge < -0.3 is 19.2 Å². The summed E-state index contributed by atoms with van der Waals surface area (Å²) >= 11 is 0. The Balaban J connectivity index is 1.33. The molecular weight excluding hydrogens is 386 g/mol. The van der Waals surface area contributed by atoms with Crippen molar-refractivity contribution in [3.05, 3.63) is 24.3 Å². The molecule has 0 saturated carbocycles. The van der Waals surface area contributed by atoms with Gasteiger partial charge in [0.2, 0.25) is 23.5 Å². The van der Waals surface area contributed by atoms with Gasteiger partial charge in [-0.2, -0.15) is 4.98 Å². The number of carbonyl (C=O) groups excluding carboxylic acids is 2. The molecule has 0 aromatic carbocycles. The van der Waals surface area contributed by atoms with Crippen molar-refractivity contribution >= 4 is 11.8 Å². The summed E-state index contributed by atoms with van der Waals surface area (Å²) in [5.41, 5.74) is 0. The SMILES string of the molecule is CC(=O)NC[C@H]1[C@H]2C[C@H](CN(Cc3nc(-c4ccco4)no3)C2)[C@@H]2CCCC(=O)N21. The molecule has 3 fully saturated rings. The molecule has 4 atom stereocenters. The van der Waals surface area contributed by atoms with E-state index in [1.807, 2.05) is 0 Å². The van der Waals surface area contributed by atoms with Crippen LogP contribution < -0.4 is 5.32 Å². The number of amides is 2. The van der Waals surface area contributed by atoms with E-state index in [0.717, 1.165) is 32.4 Å². The van der Waals surface area contributed by atoms with Gasteiger partial charge in [-0.3, -0.25) is 14.5 Å². The van der Waals surface area contributed by atoms with Gasteiger partial charge in [0.05, 0.1) is 18.8 Å². The maximum absolute atomic E-state index is 12.8. The number of nitrogens with zero attached hydrogens (tertiary/aromatic N) is 4. The molecule has 30 heavy (non-hydrogen) atoms. The van der Waals surface area contributed by atoms with Crippen LogP contribution >= 0.6 is 0 Å². The fourth-order valence-corrected chi connectivity index (χ4v) is 5.53. The van der Waals surface area contributed by atoms with Crippen molar-refractivity contribution in [1.29, 1.82) is 0 Å². The van der Waals surface area contributed by atoms with E-state index >= 15 is 0 Å². The smallest absolute Gasteiger partial charge is 0.241 e. The van der Waals surface area contributed by atoms with Crippen molar-refractivity contribution in [2.24, 2.45) is 11.8 Å². The lowest BCUT2D eigenvalue weighted by atomic mass is 9.72. The third-order valence-electron chi connectivity index (χ3n) is 6.70. The molecule has 3 aliphatic heterocycles. The third-order valence-corrected chi connectivity index (χ3v) is 6.70. The fraction of sp³-hybridized carbons (Fsp3) is 0.619. The number of furan rings is 1. The van der Waals surface area contributed by atoms with Crippen LogP contribution in [0.4, 0.5) is 0 Å². The van der Waals surface area contributed by atoms with Crippen molar-refractivity contribution in [2.45, 2.75) is 51.2 Å². The monoisotopic (exact) mass is 413 g/mol. The van der Waals surface area contributed by atoms with Crippen LogP contribution in [0.15, 0.2) is 27.3 Å². The van der Waals surface area contributed by atoms with Crippen molar-refractivity contribution in [3.63, 3.8) is 0 Å². The first-order valence-corrected chi connectivity index (χ1v) is 10.7. The topological polar surface area (TPSA) is 105 Å². The zero-order valence-corrected chi connectivity index (χ0v) is 17.1. The van der Waals surface area contributed by atoms with Gasteiger partial charge in [0.25, 0.3) is 0 Å². The molecule has 3 saturated heterocycles. The number of nitrogens with one attached hydrogen (secondary N) is 1. The van der Waals surface area contributed by atoms with Gasteiger partial charge in [-0.05, 0) is 43.2 Å². The number of carbonyl (C=O) groups is 2. The summed E-state index contributed by atoms with van der Waals surface area (Å²) in [4.78, 5) is 33.2. The molecule has 0 aliphatic carbocycles. The van der Waals surface area contributed by atoms with Crippen LogP contribution in [0.2, 0.25) is 0 Å². The van der Waals surface area contributed by atoms with E-state index in [4.69, 9.17) is 8.94 Å². The molecule has 3 aliphatic rings. The van der Waals surface area contributed by atoms with Crippen LogP contribution in [0.1, 0.15) is 38.5 Å². The molecule has 0 spiro atoms. The minimum atomic E-state index is -0.0536. The van der Waals surface area contributed by atoms with Crippen molar-refractivity contribution in [3.8, 4) is 11.6 Å². The van der Waals surface area contributed by atoms with Crippen molar-refractivity contribution in [2.75, 3.05) is 19.6 Å². The molecule has 1 N–H and O–H groups in total. The second-order valence-electron chi connectivity index (χ2n) is 8.70. The fourth-order valence-electron chi connectivity index (χ4n) is 5.53. The number of piperidine rings is 3. The number of likely N-dealkylation sites (tertiary alicyclic amines) is 1. The second-order valence-corrected chi connectivity index (χ2v) is 8.70. The molecular formula is C21H27N5O4. The lowest BCUT2D eigenvalue weighted by Crippen LogP contribution is -2.66. The van der Waals surface area contributed by atoms with E-state index in [1.54, 1.807) is 18.4 Å². The number of hydrogen-bond donors (Lipinski definition) is 1. The average Bonchev–Trinajstić information content (AvgIpc) is 3.40. The van der Waals surface area contributed by atoms with Crippen LogP contribution in [-0.4, -0.2) is 63.5 Å². The van der Waals surface area contributed by atoms with Crippen LogP contribution in [0.3, 0.4) is 0 Å². The van der Waals surface area contributed by atoms with Crippen molar-refractivity contribution in [1.82, 2.24) is 25.3 Å². The highest BCUT2D eigenvalue weighted by Crippen LogP contribution is 2.41. The first kappa shape index (κ1) is 19.3. The lowest BCUT2D eigenvalue weighted by Gasteiger charge is -2.56. The zero-order chi connectivity index (χ0) is 20.7. The first-order valence-electron chi connectivity index (χ1n) is 10.7. The lowest BCUT2D eigenvalue weighted by molar-refractivity contribution is -0.153. The van der Waals surface area contributed by atoms with E-state index in [1.165, 1.54) is 6.92 Å². The molecule has 5 rings (SSSR count). The first-order chi connectivity index (χ1) is 14.6. The Labute approximate surface area is 174 Å². The van der Waals surface area contributed by atoms with Gasteiger partial charge in [-0.15, -0.1) is 0 Å². The highest BCUT2D eigenvalue weighted by atomic mass is 16.5. The predicted octanol–water partition coefficient (Wildman–Crippen LogP) is 1.67. The molecule has 5 heterocycles. The molecule has 9 nitrogen and oxygen atoms in total. The normalized spacial score (nSPS) is 29.0. The van der Waals surface area contributed by atoms with Gasteiger partial charge >= 0.3 is 0 Å². The minimum absolute atomic E-state index is 0.0483. The van der Waals surface area contributed by atoms with Gasteiger partial charge in [0.15, 0.2) is 5.76 Å². The van der Waals surface area contributed by atoms with E-state index in [-0.39, 0.29) is 23.9 Å². The Morgan fingerprint density at radius 2 is 2.20 bits per heavy atom. The van der Waals surface area contributed by atoms with E-state index in [0.29, 0.717) is 48.8 Å². The standard InChI is InChI=1S/C21H27N5O4/c1-13(27)22-9-17-15-8-14(16-4-2-6-20(28)26(16)17)10-25(11-15)12-19-23-21(24-30-19)18-5-3-7-29-18/h3,5,7,14-17H,2,4,6,8-12H2,1H3,(H,22,27)/t14-,15+,16+,17+/m1/s1. The van der Waals surface area contributed by atoms with Gasteiger partial charge in [-0.1, -0.05) is 5.16 Å².